The van der Waals surface area contributed by atoms with Crippen molar-refractivity contribution < 1.29 is 9.90 Å². The molecule has 0 unspecified atom stereocenters. The highest BCUT2D eigenvalue weighted by atomic mass is 127. The summed E-state index contributed by atoms with van der Waals surface area (Å²) < 4.78 is 2.87. The van der Waals surface area contributed by atoms with Gasteiger partial charge in [-0.15, -0.1) is 11.3 Å². The number of nitrogens with one attached hydrogen (secondary N) is 1. The van der Waals surface area contributed by atoms with Gasteiger partial charge in [-0.1, -0.05) is 30.0 Å². The van der Waals surface area contributed by atoms with Gasteiger partial charge in [0, 0.05) is 21.0 Å². The van der Waals surface area contributed by atoms with Gasteiger partial charge in [0.25, 0.3) is 0 Å². The normalized spacial score (nSPS) is 11.2. The Kier molecular flexibility index (Phi) is 6.66. The number of thioether (sulfide) groups is 1. The molecule has 1 aromatic heterocycles. The zero-order valence-electron chi connectivity index (χ0n) is 15.6. The van der Waals surface area contributed by atoms with Crippen molar-refractivity contribution in [3.63, 3.8) is 0 Å². The minimum absolute atomic E-state index is 0.0620. The van der Waals surface area contributed by atoms with Crippen molar-refractivity contribution in [1.29, 1.82) is 0 Å². The maximum Gasteiger partial charge on any atom is 0.234 e. The van der Waals surface area contributed by atoms with Crippen molar-refractivity contribution in [1.82, 2.24) is 4.98 Å². The first-order chi connectivity index (χ1) is 14.6. The van der Waals surface area contributed by atoms with Crippen LogP contribution in [-0.2, 0) is 4.79 Å². The molecule has 3 aromatic carbocycles. The van der Waals surface area contributed by atoms with E-state index in [1.54, 1.807) is 12.3 Å². The number of halogens is 1. The standard InChI is InChI=1S/C22H16IN3O2S2/c23-15-6-9-19(27)14(10-15)12-24-17-7-8-18-20(11-17)30-22(26-18)29-13-21(28)25-16-4-2-1-3-5-16/h1-12,27H,13H2,(H,25,28). The zero-order valence-corrected chi connectivity index (χ0v) is 19.4. The van der Waals surface area contributed by atoms with Gasteiger partial charge in [-0.3, -0.25) is 9.79 Å². The molecule has 150 valence electrons. The van der Waals surface area contributed by atoms with E-state index in [1.165, 1.54) is 23.1 Å². The summed E-state index contributed by atoms with van der Waals surface area (Å²) in [5, 5.41) is 12.8. The number of phenols is 1. The molecule has 0 aliphatic carbocycles. The van der Waals surface area contributed by atoms with Gasteiger partial charge in [0.05, 0.1) is 21.7 Å². The quantitative estimate of drug-likeness (QED) is 0.175. The van der Waals surface area contributed by atoms with E-state index in [4.69, 9.17) is 0 Å². The second kappa shape index (κ2) is 9.59. The van der Waals surface area contributed by atoms with Crippen LogP contribution in [0.4, 0.5) is 11.4 Å². The van der Waals surface area contributed by atoms with Crippen LogP contribution in [0, 0.1) is 3.57 Å². The Morgan fingerprint density at radius 3 is 2.83 bits per heavy atom. The smallest absolute Gasteiger partial charge is 0.234 e. The third-order valence-corrected chi connectivity index (χ3v) is 6.91. The largest absolute Gasteiger partial charge is 0.507 e. The monoisotopic (exact) mass is 545 g/mol. The molecule has 0 saturated carbocycles. The Morgan fingerprint density at radius 2 is 2.00 bits per heavy atom. The number of hydrogen-bond donors (Lipinski definition) is 2. The van der Waals surface area contributed by atoms with Crippen molar-refractivity contribution in [2.45, 2.75) is 4.34 Å². The van der Waals surface area contributed by atoms with E-state index < -0.39 is 0 Å². The highest BCUT2D eigenvalue weighted by Gasteiger charge is 2.09. The first-order valence-corrected chi connectivity index (χ1v) is 11.9. The van der Waals surface area contributed by atoms with Crippen LogP contribution in [0.5, 0.6) is 5.75 Å². The van der Waals surface area contributed by atoms with Crippen molar-refractivity contribution in [2.75, 3.05) is 11.1 Å². The molecule has 0 radical (unpaired) electrons. The first kappa shape index (κ1) is 20.8. The van der Waals surface area contributed by atoms with Crippen LogP contribution in [0.2, 0.25) is 0 Å². The summed E-state index contributed by atoms with van der Waals surface area (Å²) in [5.41, 5.74) is 3.12. The highest BCUT2D eigenvalue weighted by molar-refractivity contribution is 14.1. The first-order valence-electron chi connectivity index (χ1n) is 8.98. The third-order valence-electron chi connectivity index (χ3n) is 4.08. The van der Waals surface area contributed by atoms with E-state index >= 15 is 0 Å². The van der Waals surface area contributed by atoms with Gasteiger partial charge in [0.15, 0.2) is 4.34 Å². The van der Waals surface area contributed by atoms with Crippen LogP contribution in [-0.4, -0.2) is 28.0 Å². The molecule has 0 aliphatic heterocycles. The summed E-state index contributed by atoms with van der Waals surface area (Å²) in [6, 6.07) is 20.5. The average Bonchev–Trinajstić information content (AvgIpc) is 3.16. The summed E-state index contributed by atoms with van der Waals surface area (Å²) in [5.74, 6) is 0.435. The molecule has 0 spiro atoms. The number of para-hydroxylation sites is 1. The number of phenolic OH excluding ortho intramolecular Hbond substituents is 1. The van der Waals surface area contributed by atoms with E-state index in [9.17, 15) is 9.90 Å². The Bertz CT molecular complexity index is 1230. The number of fused-ring (bicyclic) bond motifs is 1. The number of nitrogens with zero attached hydrogens (tertiary/aromatic N) is 2. The summed E-state index contributed by atoms with van der Waals surface area (Å²) in [6.45, 7) is 0. The number of rotatable bonds is 6. The summed E-state index contributed by atoms with van der Waals surface area (Å²) >= 11 is 5.15. The lowest BCUT2D eigenvalue weighted by Gasteiger charge is -2.03. The molecular formula is C22H16IN3O2S2. The molecule has 0 saturated heterocycles. The lowest BCUT2D eigenvalue weighted by molar-refractivity contribution is -0.113. The third kappa shape index (κ3) is 5.38. The molecule has 4 rings (SSSR count). The van der Waals surface area contributed by atoms with Gasteiger partial charge in [-0.05, 0) is 71.1 Å². The molecule has 0 fully saturated rings. The van der Waals surface area contributed by atoms with Crippen LogP contribution < -0.4 is 5.32 Å². The van der Waals surface area contributed by atoms with Gasteiger partial charge in [0.1, 0.15) is 5.75 Å². The molecule has 0 bridgehead atoms. The number of aliphatic imine (C=N–C) groups is 1. The molecule has 1 heterocycles. The summed E-state index contributed by atoms with van der Waals surface area (Å²) in [6.07, 6.45) is 1.66. The molecule has 4 aromatic rings. The van der Waals surface area contributed by atoms with Crippen LogP contribution in [0.25, 0.3) is 10.2 Å². The van der Waals surface area contributed by atoms with E-state index in [2.05, 4.69) is 37.9 Å². The molecule has 5 nitrogen and oxygen atoms in total. The average molecular weight is 545 g/mol. The van der Waals surface area contributed by atoms with Gasteiger partial charge in [-0.2, -0.15) is 0 Å². The number of hydrogen-bond acceptors (Lipinski definition) is 6. The number of aromatic nitrogens is 1. The van der Waals surface area contributed by atoms with Crippen LogP contribution in [0.15, 0.2) is 76.1 Å². The van der Waals surface area contributed by atoms with Gasteiger partial charge in [0.2, 0.25) is 5.91 Å². The number of aromatic hydroxyl groups is 1. The summed E-state index contributed by atoms with van der Waals surface area (Å²) in [4.78, 5) is 21.2. The van der Waals surface area contributed by atoms with Gasteiger partial charge >= 0.3 is 0 Å². The SMILES string of the molecule is O=C(CSc1nc2ccc(N=Cc3cc(I)ccc3O)cc2s1)Nc1ccccc1. The maximum atomic E-state index is 12.1. The van der Waals surface area contributed by atoms with Gasteiger partial charge < -0.3 is 10.4 Å². The Labute approximate surface area is 195 Å². The highest BCUT2D eigenvalue weighted by Crippen LogP contribution is 2.32. The lowest BCUT2D eigenvalue weighted by Crippen LogP contribution is -2.13. The van der Waals surface area contributed by atoms with Crippen LogP contribution in [0.3, 0.4) is 0 Å². The fourth-order valence-electron chi connectivity index (χ4n) is 2.65. The van der Waals surface area contributed by atoms with Crippen molar-refractivity contribution in [2.24, 2.45) is 4.99 Å². The Balaban J connectivity index is 1.42. The van der Waals surface area contributed by atoms with E-state index in [0.717, 1.165) is 29.5 Å². The van der Waals surface area contributed by atoms with E-state index in [1.807, 2.05) is 60.7 Å². The van der Waals surface area contributed by atoms with Crippen molar-refractivity contribution in [3.8, 4) is 5.75 Å². The minimum atomic E-state index is -0.0620. The van der Waals surface area contributed by atoms with Crippen LogP contribution >= 0.6 is 45.7 Å². The number of benzene rings is 3. The summed E-state index contributed by atoms with van der Waals surface area (Å²) in [7, 11) is 0. The topological polar surface area (TPSA) is 74.6 Å². The number of amides is 1. The number of carbonyl (C=O) groups excluding carboxylic acids is 1. The Morgan fingerprint density at radius 1 is 1.17 bits per heavy atom. The molecule has 1 amide bonds. The fourth-order valence-corrected chi connectivity index (χ4v) is 5.07. The van der Waals surface area contributed by atoms with Crippen molar-refractivity contribution >= 4 is 79.4 Å². The predicted octanol–water partition coefficient (Wildman–Crippen LogP) is 6.09. The minimum Gasteiger partial charge on any atom is -0.507 e. The number of thiazole rings is 1. The van der Waals surface area contributed by atoms with E-state index in [0.29, 0.717) is 11.3 Å². The maximum absolute atomic E-state index is 12.1. The fraction of sp³-hybridized carbons (Fsp3) is 0.0455. The molecule has 8 heteroatoms. The molecule has 0 aliphatic rings. The molecule has 30 heavy (non-hydrogen) atoms. The Hall–Kier alpha value is -2.43. The van der Waals surface area contributed by atoms with Crippen molar-refractivity contribution in [3.05, 3.63) is 75.9 Å². The zero-order chi connectivity index (χ0) is 20.9. The van der Waals surface area contributed by atoms with Crippen LogP contribution in [0.1, 0.15) is 5.56 Å². The molecular weight excluding hydrogens is 529 g/mol. The second-order valence-corrected chi connectivity index (χ2v) is 9.79. The van der Waals surface area contributed by atoms with Gasteiger partial charge in [-0.25, -0.2) is 4.98 Å². The van der Waals surface area contributed by atoms with E-state index in [-0.39, 0.29) is 11.7 Å². The molecule has 0 atom stereocenters. The second-order valence-electron chi connectivity index (χ2n) is 6.30. The predicted molar refractivity (Wildman–Crippen MR) is 133 cm³/mol. The number of anilines is 1. The lowest BCUT2D eigenvalue weighted by atomic mass is 10.2. The molecule has 2 N–H and O–H groups in total. The number of carbonyl (C=O) groups is 1.